The van der Waals surface area contributed by atoms with E-state index in [9.17, 15) is 18.0 Å². The molecule has 3 aromatic rings. The number of carbonyl (C=O) groups excluding carboxylic acids is 2. The molecule has 0 spiro atoms. The van der Waals surface area contributed by atoms with Gasteiger partial charge in [-0.15, -0.1) is 0 Å². The van der Waals surface area contributed by atoms with Crippen LogP contribution in [0.25, 0.3) is 0 Å². The van der Waals surface area contributed by atoms with E-state index in [1.807, 2.05) is 72.8 Å². The summed E-state index contributed by atoms with van der Waals surface area (Å²) in [6, 6.07) is 24.9. The Morgan fingerprint density at radius 3 is 1.98 bits per heavy atom. The van der Waals surface area contributed by atoms with Crippen molar-refractivity contribution in [2.24, 2.45) is 0 Å². The normalized spacial score (nSPS) is 12.1. The maximum atomic E-state index is 14.0. The number of nitrogens with one attached hydrogen (secondary N) is 1. The third-order valence-corrected chi connectivity index (χ3v) is 7.79. The van der Waals surface area contributed by atoms with Crippen LogP contribution < -0.4 is 10.1 Å². The molecule has 0 aromatic heterocycles. The molecular formula is C31H39N3O6S. The monoisotopic (exact) mass is 581 g/mol. The minimum Gasteiger partial charge on any atom is -0.497 e. The first kappa shape index (κ1) is 31.8. The first-order chi connectivity index (χ1) is 19.7. The van der Waals surface area contributed by atoms with Gasteiger partial charge in [0.1, 0.15) is 11.8 Å². The minimum atomic E-state index is -3.74. The Bertz CT molecular complexity index is 1340. The molecular weight excluding hydrogens is 542 g/mol. The van der Waals surface area contributed by atoms with Crippen LogP contribution in [-0.4, -0.2) is 75.7 Å². The van der Waals surface area contributed by atoms with Crippen LogP contribution in [0.1, 0.15) is 23.1 Å². The topological polar surface area (TPSA) is 105 Å². The van der Waals surface area contributed by atoms with Gasteiger partial charge in [-0.2, -0.15) is 4.31 Å². The second-order valence-corrected chi connectivity index (χ2v) is 11.7. The van der Waals surface area contributed by atoms with Crippen molar-refractivity contribution in [1.82, 2.24) is 14.5 Å². The molecule has 1 N–H and O–H groups in total. The average molecular weight is 582 g/mol. The molecule has 0 saturated carbocycles. The van der Waals surface area contributed by atoms with E-state index in [0.717, 1.165) is 27.3 Å². The van der Waals surface area contributed by atoms with Crippen molar-refractivity contribution in [2.75, 3.05) is 40.2 Å². The summed E-state index contributed by atoms with van der Waals surface area (Å²) in [4.78, 5) is 29.1. The van der Waals surface area contributed by atoms with Gasteiger partial charge in [-0.05, 0) is 35.2 Å². The lowest BCUT2D eigenvalue weighted by molar-refractivity contribution is -0.141. The summed E-state index contributed by atoms with van der Waals surface area (Å²) in [6.45, 7) is 0.599. The fourth-order valence-electron chi connectivity index (χ4n) is 4.35. The number of ether oxygens (including phenoxy) is 2. The van der Waals surface area contributed by atoms with Crippen molar-refractivity contribution >= 4 is 21.8 Å². The highest BCUT2D eigenvalue weighted by Gasteiger charge is 2.32. The molecule has 10 heteroatoms. The molecule has 220 valence electrons. The van der Waals surface area contributed by atoms with Crippen LogP contribution >= 0.6 is 0 Å². The van der Waals surface area contributed by atoms with E-state index >= 15 is 0 Å². The smallest absolute Gasteiger partial charge is 0.243 e. The van der Waals surface area contributed by atoms with Gasteiger partial charge in [-0.1, -0.05) is 72.8 Å². The second-order valence-electron chi connectivity index (χ2n) is 9.73. The van der Waals surface area contributed by atoms with Crippen LogP contribution in [0.2, 0.25) is 0 Å². The van der Waals surface area contributed by atoms with E-state index in [1.54, 1.807) is 26.4 Å². The van der Waals surface area contributed by atoms with Crippen LogP contribution in [0.3, 0.4) is 0 Å². The van der Waals surface area contributed by atoms with Gasteiger partial charge < -0.3 is 19.7 Å². The lowest BCUT2D eigenvalue weighted by Crippen LogP contribution is -2.53. The number of rotatable bonds is 16. The summed E-state index contributed by atoms with van der Waals surface area (Å²) in [5.74, 6) is -0.134. The molecule has 0 aliphatic heterocycles. The van der Waals surface area contributed by atoms with Crippen LogP contribution in [0.4, 0.5) is 0 Å². The molecule has 0 fully saturated rings. The first-order valence-electron chi connectivity index (χ1n) is 13.4. The molecule has 0 heterocycles. The molecule has 3 aromatic carbocycles. The molecule has 0 saturated heterocycles. The molecule has 0 unspecified atom stereocenters. The van der Waals surface area contributed by atoms with Gasteiger partial charge in [-0.3, -0.25) is 9.59 Å². The van der Waals surface area contributed by atoms with Gasteiger partial charge >= 0.3 is 0 Å². The fourth-order valence-corrected chi connectivity index (χ4v) is 5.08. The van der Waals surface area contributed by atoms with E-state index in [-0.39, 0.29) is 25.4 Å². The number of nitrogens with zero attached hydrogens (tertiary/aromatic N) is 2. The SMILES string of the molecule is COCCCNC(=O)[C@H](Cc1ccccc1)N(Cc1ccc(OC)cc1)C(=O)CN(Cc1ccccc1)S(C)(=O)=O. The van der Waals surface area contributed by atoms with E-state index in [4.69, 9.17) is 9.47 Å². The average Bonchev–Trinajstić information content (AvgIpc) is 2.97. The van der Waals surface area contributed by atoms with Crippen LogP contribution in [0, 0.1) is 0 Å². The lowest BCUT2D eigenvalue weighted by atomic mass is 10.0. The van der Waals surface area contributed by atoms with Crippen LogP contribution in [0.5, 0.6) is 5.75 Å². The Balaban J connectivity index is 1.96. The summed E-state index contributed by atoms with van der Waals surface area (Å²) < 4.78 is 37.0. The second kappa shape index (κ2) is 15.9. The summed E-state index contributed by atoms with van der Waals surface area (Å²) in [7, 11) is -0.578. The Labute approximate surface area is 243 Å². The summed E-state index contributed by atoms with van der Waals surface area (Å²) >= 11 is 0. The van der Waals surface area contributed by atoms with E-state index < -0.39 is 28.5 Å². The van der Waals surface area contributed by atoms with Crippen LogP contribution in [-0.2, 0) is 43.9 Å². The summed E-state index contributed by atoms with van der Waals surface area (Å²) in [6.07, 6.45) is 1.96. The Kier molecular flexibility index (Phi) is 12.3. The molecule has 0 radical (unpaired) electrons. The summed E-state index contributed by atoms with van der Waals surface area (Å²) in [5, 5.41) is 2.94. The van der Waals surface area contributed by atoms with Gasteiger partial charge in [0.05, 0.1) is 19.9 Å². The zero-order valence-electron chi connectivity index (χ0n) is 23.9. The van der Waals surface area contributed by atoms with Gasteiger partial charge in [0, 0.05) is 39.8 Å². The number of sulfonamides is 1. The molecule has 1 atom stereocenters. The largest absolute Gasteiger partial charge is 0.497 e. The number of carbonyl (C=O) groups is 2. The van der Waals surface area contributed by atoms with Crippen molar-refractivity contribution in [3.05, 3.63) is 102 Å². The standard InChI is InChI=1S/C31H39N3O6S/c1-39-20-10-19-32-31(36)29(21-25-11-6-4-7-12-25)34(23-27-15-17-28(40-2)18-16-27)30(35)24-33(41(3,37)38)22-26-13-8-5-9-14-26/h4-9,11-18,29H,10,19-24H2,1-3H3,(H,32,36)/t29-/m0/s1. The molecule has 2 amide bonds. The van der Waals surface area contributed by atoms with E-state index in [2.05, 4.69) is 5.32 Å². The van der Waals surface area contributed by atoms with Crippen molar-refractivity contribution in [1.29, 1.82) is 0 Å². The van der Waals surface area contributed by atoms with Gasteiger partial charge in [0.15, 0.2) is 0 Å². The third-order valence-electron chi connectivity index (χ3n) is 6.59. The Morgan fingerprint density at radius 2 is 1.41 bits per heavy atom. The maximum Gasteiger partial charge on any atom is 0.243 e. The fraction of sp³-hybridized carbons (Fsp3) is 0.355. The quantitative estimate of drug-likeness (QED) is 0.261. The van der Waals surface area contributed by atoms with Crippen molar-refractivity contribution in [2.45, 2.75) is 32.0 Å². The number of hydrogen-bond acceptors (Lipinski definition) is 6. The van der Waals surface area contributed by atoms with E-state index in [1.165, 1.54) is 4.90 Å². The lowest BCUT2D eigenvalue weighted by Gasteiger charge is -2.33. The predicted octanol–water partition coefficient (Wildman–Crippen LogP) is 3.25. The molecule has 9 nitrogen and oxygen atoms in total. The predicted molar refractivity (Wildman–Crippen MR) is 159 cm³/mol. The van der Waals surface area contributed by atoms with Crippen molar-refractivity contribution in [3.8, 4) is 5.75 Å². The highest BCUT2D eigenvalue weighted by atomic mass is 32.2. The molecule has 0 aliphatic rings. The van der Waals surface area contributed by atoms with Gasteiger partial charge in [0.2, 0.25) is 21.8 Å². The minimum absolute atomic E-state index is 0.0361. The number of methoxy groups -OCH3 is 2. The van der Waals surface area contributed by atoms with E-state index in [0.29, 0.717) is 25.3 Å². The Morgan fingerprint density at radius 1 is 0.829 bits per heavy atom. The third kappa shape index (κ3) is 10.3. The highest BCUT2D eigenvalue weighted by Crippen LogP contribution is 2.19. The van der Waals surface area contributed by atoms with Crippen molar-refractivity contribution in [3.63, 3.8) is 0 Å². The number of amides is 2. The zero-order valence-corrected chi connectivity index (χ0v) is 24.7. The first-order valence-corrected chi connectivity index (χ1v) is 15.3. The molecule has 0 bridgehead atoms. The number of benzene rings is 3. The van der Waals surface area contributed by atoms with Gasteiger partial charge in [0.25, 0.3) is 0 Å². The highest BCUT2D eigenvalue weighted by molar-refractivity contribution is 7.88. The molecule has 41 heavy (non-hydrogen) atoms. The summed E-state index contributed by atoms with van der Waals surface area (Å²) in [5.41, 5.74) is 2.41. The maximum absolute atomic E-state index is 14.0. The van der Waals surface area contributed by atoms with Crippen molar-refractivity contribution < 1.29 is 27.5 Å². The van der Waals surface area contributed by atoms with Gasteiger partial charge in [-0.25, -0.2) is 8.42 Å². The number of hydrogen-bond donors (Lipinski definition) is 1. The Hall–Kier alpha value is -3.73. The van der Waals surface area contributed by atoms with Crippen LogP contribution in [0.15, 0.2) is 84.9 Å². The molecule has 0 aliphatic carbocycles. The zero-order chi connectivity index (χ0) is 29.7. The molecule has 3 rings (SSSR count).